The summed E-state index contributed by atoms with van der Waals surface area (Å²) in [6.45, 7) is 0.231. The van der Waals surface area contributed by atoms with Crippen molar-refractivity contribution >= 4 is 26.2 Å². The molecule has 4 aromatic carbocycles. The van der Waals surface area contributed by atoms with Crippen LogP contribution in [0.5, 0.6) is 11.5 Å². The van der Waals surface area contributed by atoms with Crippen LogP contribution in [0, 0.1) is 0 Å². The smallest absolute Gasteiger partial charge is 0.507 e. The van der Waals surface area contributed by atoms with E-state index in [9.17, 15) is 14.2 Å². The fourth-order valence-electron chi connectivity index (χ4n) is 3.98. The summed E-state index contributed by atoms with van der Waals surface area (Å²) in [6, 6.07) is 28.9. The van der Waals surface area contributed by atoms with Crippen LogP contribution < -0.4 is 20.2 Å². The van der Waals surface area contributed by atoms with Crippen molar-refractivity contribution in [3.05, 3.63) is 97.1 Å². The van der Waals surface area contributed by atoms with Crippen LogP contribution >= 0.6 is 15.5 Å². The van der Waals surface area contributed by atoms with Crippen molar-refractivity contribution < 1.29 is 23.3 Å². The monoisotopic (exact) mass is 490 g/mol. The summed E-state index contributed by atoms with van der Waals surface area (Å²) in [7, 11) is -5.59. The predicted octanol–water partition coefficient (Wildman–Crippen LogP) is 5.61. The van der Waals surface area contributed by atoms with Gasteiger partial charge in [-0.25, -0.2) is 5.09 Å². The Kier molecular flexibility index (Phi) is 6.32. The van der Waals surface area contributed by atoms with Crippen LogP contribution in [0.3, 0.4) is 0 Å². The third kappa shape index (κ3) is 4.29. The lowest BCUT2D eigenvalue weighted by Crippen LogP contribution is -2.29. The fourth-order valence-corrected chi connectivity index (χ4v) is 6.93. The summed E-state index contributed by atoms with van der Waals surface area (Å²) < 4.78 is 38.2. The van der Waals surface area contributed by atoms with Crippen molar-refractivity contribution in [3.63, 3.8) is 0 Å². The van der Waals surface area contributed by atoms with Crippen LogP contribution in [-0.2, 0) is 13.7 Å². The van der Waals surface area contributed by atoms with Gasteiger partial charge in [0.2, 0.25) is 5.30 Å². The van der Waals surface area contributed by atoms with E-state index in [1.165, 1.54) is 0 Å². The molecule has 0 radical (unpaired) electrons. The largest absolute Gasteiger partial charge is 0.549 e. The van der Waals surface area contributed by atoms with Gasteiger partial charge in [-0.2, -0.15) is 0 Å². The molecule has 0 amide bonds. The van der Waals surface area contributed by atoms with Crippen molar-refractivity contribution in [2.75, 3.05) is 13.2 Å². The zero-order chi connectivity index (χ0) is 23.5. The number of hydrogen-bond donors (Lipinski definition) is 2. The minimum Gasteiger partial charge on any atom is -0.507 e. The minimum atomic E-state index is -3.39. The van der Waals surface area contributed by atoms with E-state index in [1.807, 2.05) is 42.5 Å². The first kappa shape index (κ1) is 22.5. The fraction of sp³-hybridized carbons (Fsp3) is 0.0769. The SMILES string of the molecule is O=[P+](OCCNP1(=O)Oc2ccccc2-c2ccccc21)c1ccccc1-c1ccccc1O. The van der Waals surface area contributed by atoms with E-state index in [0.717, 1.165) is 11.1 Å². The molecule has 0 spiro atoms. The molecule has 0 saturated heterocycles. The van der Waals surface area contributed by atoms with Gasteiger partial charge >= 0.3 is 15.5 Å². The second-order valence-corrected chi connectivity index (χ2v) is 11.0. The van der Waals surface area contributed by atoms with Crippen LogP contribution in [0.2, 0.25) is 0 Å². The van der Waals surface area contributed by atoms with Gasteiger partial charge < -0.3 is 9.63 Å². The second kappa shape index (κ2) is 9.54. The van der Waals surface area contributed by atoms with Gasteiger partial charge in [-0.1, -0.05) is 66.7 Å². The Labute approximate surface area is 198 Å². The van der Waals surface area contributed by atoms with Crippen molar-refractivity contribution in [3.8, 4) is 33.8 Å². The summed E-state index contributed by atoms with van der Waals surface area (Å²) in [5, 5.41) is 14.3. The summed E-state index contributed by atoms with van der Waals surface area (Å²) in [5.41, 5.74) is 2.98. The van der Waals surface area contributed by atoms with Crippen molar-refractivity contribution in [2.45, 2.75) is 0 Å². The molecule has 1 aliphatic rings. The molecule has 0 fully saturated rings. The number of rotatable bonds is 7. The summed E-state index contributed by atoms with van der Waals surface area (Å²) in [6.07, 6.45) is 0. The Hall–Kier alpha value is -3.27. The number of aromatic hydroxyl groups is 1. The quantitative estimate of drug-likeness (QED) is 0.259. The first-order valence-electron chi connectivity index (χ1n) is 10.8. The molecule has 2 N–H and O–H groups in total. The predicted molar refractivity (Wildman–Crippen MR) is 134 cm³/mol. The Balaban J connectivity index is 1.29. The van der Waals surface area contributed by atoms with Crippen LogP contribution in [-0.4, -0.2) is 18.3 Å². The molecule has 0 saturated carbocycles. The number of phenols is 1. The van der Waals surface area contributed by atoms with Gasteiger partial charge in [-0.15, -0.1) is 4.52 Å². The average Bonchev–Trinajstić information content (AvgIpc) is 2.87. The molecule has 170 valence electrons. The molecule has 2 unspecified atom stereocenters. The van der Waals surface area contributed by atoms with Crippen LogP contribution in [0.25, 0.3) is 22.3 Å². The number of phenolic OH excluding ortho intramolecular Hbond substituents is 1. The second-order valence-electron chi connectivity index (χ2n) is 7.69. The number of fused-ring (bicyclic) bond motifs is 3. The first-order valence-corrected chi connectivity index (χ1v) is 13.6. The summed E-state index contributed by atoms with van der Waals surface area (Å²) >= 11 is 0. The van der Waals surface area contributed by atoms with E-state index >= 15 is 0 Å². The van der Waals surface area contributed by atoms with Gasteiger partial charge in [-0.05, 0) is 34.9 Å². The van der Waals surface area contributed by atoms with E-state index in [-0.39, 0.29) is 18.9 Å². The lowest BCUT2D eigenvalue weighted by Gasteiger charge is -2.28. The zero-order valence-electron chi connectivity index (χ0n) is 18.1. The molecule has 1 aliphatic heterocycles. The molecular formula is C26H22NO5P2+. The van der Waals surface area contributed by atoms with Gasteiger partial charge in [0.05, 0.1) is 5.30 Å². The molecule has 0 bridgehead atoms. The molecule has 0 aliphatic carbocycles. The third-order valence-electron chi connectivity index (χ3n) is 5.55. The summed E-state index contributed by atoms with van der Waals surface area (Å²) in [5.74, 6) is 0.659. The van der Waals surface area contributed by atoms with E-state index in [4.69, 9.17) is 9.05 Å². The zero-order valence-corrected chi connectivity index (χ0v) is 19.9. The lowest BCUT2D eigenvalue weighted by molar-refractivity contribution is 0.337. The molecule has 34 heavy (non-hydrogen) atoms. The normalized spacial score (nSPS) is 16.8. The standard InChI is InChI=1S/C26H21NO5P2/c28-23-13-5-1-9-19(23)21-11-3-7-15-25(21)33(29)31-18-17-27-34(30)26-16-8-4-12-22(26)20-10-2-6-14-24(20)32-34/h1-16H,17-18H2,(H-,27,28,29,30)/p+1. The molecule has 4 aromatic rings. The van der Waals surface area contributed by atoms with Gasteiger partial charge in [0.25, 0.3) is 0 Å². The number of benzene rings is 4. The Morgan fingerprint density at radius 2 is 1.41 bits per heavy atom. The molecular weight excluding hydrogens is 468 g/mol. The van der Waals surface area contributed by atoms with Crippen molar-refractivity contribution in [2.24, 2.45) is 0 Å². The molecule has 5 rings (SSSR count). The first-order chi connectivity index (χ1) is 16.6. The van der Waals surface area contributed by atoms with E-state index in [2.05, 4.69) is 5.09 Å². The molecule has 2 atom stereocenters. The Morgan fingerprint density at radius 3 is 2.21 bits per heavy atom. The highest BCUT2D eigenvalue weighted by atomic mass is 31.2. The summed E-state index contributed by atoms with van der Waals surface area (Å²) in [4.78, 5) is 0. The van der Waals surface area contributed by atoms with Gasteiger partial charge in [0.15, 0.2) is 0 Å². The van der Waals surface area contributed by atoms with Crippen LogP contribution in [0.1, 0.15) is 0 Å². The maximum Gasteiger partial charge on any atom is 0.549 e. The van der Waals surface area contributed by atoms with Gasteiger partial charge in [0, 0.05) is 28.8 Å². The minimum absolute atomic E-state index is 0.0570. The van der Waals surface area contributed by atoms with Crippen LogP contribution in [0.4, 0.5) is 0 Å². The highest BCUT2D eigenvalue weighted by Crippen LogP contribution is 2.51. The Morgan fingerprint density at radius 1 is 0.794 bits per heavy atom. The average molecular weight is 490 g/mol. The number of hydrogen-bond acceptors (Lipinski definition) is 5. The van der Waals surface area contributed by atoms with Crippen molar-refractivity contribution in [1.82, 2.24) is 5.09 Å². The Bertz CT molecular complexity index is 1420. The third-order valence-corrected chi connectivity index (χ3v) is 8.87. The maximum atomic E-state index is 13.7. The van der Waals surface area contributed by atoms with Crippen LogP contribution in [0.15, 0.2) is 97.1 Å². The topological polar surface area (TPSA) is 84.9 Å². The molecule has 0 aromatic heterocycles. The van der Waals surface area contributed by atoms with E-state index in [0.29, 0.717) is 27.5 Å². The highest BCUT2D eigenvalue weighted by Gasteiger charge is 2.36. The van der Waals surface area contributed by atoms with Gasteiger partial charge in [0.1, 0.15) is 18.1 Å². The van der Waals surface area contributed by atoms with E-state index < -0.39 is 15.5 Å². The van der Waals surface area contributed by atoms with E-state index in [1.54, 1.807) is 54.6 Å². The van der Waals surface area contributed by atoms with Crippen molar-refractivity contribution in [1.29, 1.82) is 0 Å². The molecule has 8 heteroatoms. The maximum absolute atomic E-state index is 13.7. The molecule has 6 nitrogen and oxygen atoms in total. The highest BCUT2D eigenvalue weighted by molar-refractivity contribution is 7.65. The lowest BCUT2D eigenvalue weighted by atomic mass is 10.0. The van der Waals surface area contributed by atoms with Gasteiger partial charge in [-0.3, -0.25) is 4.57 Å². The number of para-hydroxylation sites is 2. The molecule has 1 heterocycles. The number of nitrogens with one attached hydrogen (secondary N) is 1.